The van der Waals surface area contributed by atoms with Crippen molar-refractivity contribution in [3.8, 4) is 63.2 Å². The van der Waals surface area contributed by atoms with Gasteiger partial charge in [0.2, 0.25) is 9.23 Å². The second kappa shape index (κ2) is 71.2. The normalized spacial score (nSPS) is 10.7. The number of nitrogen functional groups attached to an aromatic ring is 1. The number of anilines is 1. The van der Waals surface area contributed by atoms with Gasteiger partial charge in [0.15, 0.2) is 10.7 Å². The zero-order valence-electron chi connectivity index (χ0n) is 77.8. The van der Waals surface area contributed by atoms with Crippen LogP contribution < -0.4 is 24.6 Å². The van der Waals surface area contributed by atoms with E-state index in [4.69, 9.17) is 148 Å². The number of aryl methyl sites for hydroxylation is 2. The number of ketones is 1. The summed E-state index contributed by atoms with van der Waals surface area (Å²) in [5, 5.41) is 47.8. The number of carboxylic acids is 1. The molecule has 27 nitrogen and oxygen atoms in total. The first-order valence-electron chi connectivity index (χ1n) is 39.4. The Hall–Kier alpha value is -9.32. The molecule has 4 aromatic heterocycles. The number of nitriles is 3. The molecule has 0 unspecified atom stereocenters. The van der Waals surface area contributed by atoms with Gasteiger partial charge in [0.1, 0.15) is 38.7 Å². The van der Waals surface area contributed by atoms with Crippen LogP contribution in [0.5, 0.6) is 0 Å². The molecule has 0 aliphatic carbocycles. The van der Waals surface area contributed by atoms with Crippen molar-refractivity contribution >= 4 is 267 Å². The van der Waals surface area contributed by atoms with Crippen molar-refractivity contribution in [3.05, 3.63) is 332 Å². The minimum atomic E-state index is -3.95. The van der Waals surface area contributed by atoms with Crippen molar-refractivity contribution in [2.75, 3.05) is 51.9 Å². The molecule has 142 heavy (non-hydrogen) atoms. The van der Waals surface area contributed by atoms with Crippen molar-refractivity contribution in [1.29, 1.82) is 15.8 Å². The molecule has 9 aromatic carbocycles. The summed E-state index contributed by atoms with van der Waals surface area (Å²) < 4.78 is 94.4. The van der Waals surface area contributed by atoms with E-state index in [1.807, 2.05) is 74.5 Å². The minimum Gasteiger partial charge on any atom is -1.00 e. The number of rotatable bonds is 17. The minimum absolute atomic E-state index is 0. The summed E-state index contributed by atoms with van der Waals surface area (Å²) in [6, 6.07) is 72.6. The molecule has 0 bridgehead atoms. The number of halogens is 11. The predicted octanol–water partition coefficient (Wildman–Crippen LogP) is 23.5. The maximum absolute atomic E-state index is 12.1. The van der Waals surface area contributed by atoms with Crippen LogP contribution in [-0.2, 0) is 62.7 Å². The third kappa shape index (κ3) is 53.5. The number of carbonyl (C=O) groups is 5. The first kappa shape index (κ1) is 133. The van der Waals surface area contributed by atoms with E-state index < -0.39 is 48.4 Å². The quantitative estimate of drug-likeness (QED) is 0.00628. The summed E-state index contributed by atoms with van der Waals surface area (Å²) in [5.41, 5.74) is 17.0. The van der Waals surface area contributed by atoms with E-state index >= 15 is 0 Å². The number of esters is 3. The summed E-state index contributed by atoms with van der Waals surface area (Å²) in [6.45, 7) is 15.0. The fourth-order valence-corrected chi connectivity index (χ4v) is 14.9. The van der Waals surface area contributed by atoms with Gasteiger partial charge in [-0.15, -0.1) is 11.6 Å². The van der Waals surface area contributed by atoms with Crippen LogP contribution in [-0.4, -0.2) is 144 Å². The van der Waals surface area contributed by atoms with E-state index in [-0.39, 0.29) is 86.4 Å². The van der Waals surface area contributed by atoms with Gasteiger partial charge in [-0.25, -0.2) is 27.0 Å². The number of benzene rings is 9. The molecular weight excluding hydrogens is 2230 g/mol. The van der Waals surface area contributed by atoms with Gasteiger partial charge in [-0.05, 0) is 217 Å². The number of allylic oxidation sites excluding steroid dienone is 2. The molecule has 0 amide bonds. The van der Waals surface area contributed by atoms with Gasteiger partial charge in [0, 0.05) is 111 Å². The average Bonchev–Trinajstić information content (AvgIpc) is 1.63. The molecule has 5 heterocycles. The Labute approximate surface area is 915 Å². The number of hydrogen-bond acceptors (Lipinski definition) is 29. The second-order valence-corrected chi connectivity index (χ2v) is 48.0. The van der Waals surface area contributed by atoms with Crippen molar-refractivity contribution < 1.29 is 110 Å². The molecule has 0 atom stereocenters. The summed E-state index contributed by atoms with van der Waals surface area (Å²) >= 11 is 53.5. The van der Waals surface area contributed by atoms with Crippen molar-refractivity contribution in [1.82, 2.24) is 17.5 Å². The van der Waals surface area contributed by atoms with Gasteiger partial charge < -0.3 is 51.5 Å². The number of carboxylic acid groups (broad SMARTS) is 1. The van der Waals surface area contributed by atoms with Crippen LogP contribution in [0.15, 0.2) is 259 Å². The Kier molecular flexibility index (Phi) is 66.6. The third-order valence-electron chi connectivity index (χ3n) is 16.1. The van der Waals surface area contributed by atoms with Crippen molar-refractivity contribution in [2.24, 2.45) is 0 Å². The van der Waals surface area contributed by atoms with Gasteiger partial charge in [0.25, 0.3) is 9.05 Å². The zero-order chi connectivity index (χ0) is 104. The van der Waals surface area contributed by atoms with E-state index in [0.717, 1.165) is 122 Å². The molecule has 1 aliphatic rings. The molecule has 1 fully saturated rings. The number of ether oxygens (including phenoxy) is 4. The Morgan fingerprint density at radius 1 is 0.528 bits per heavy atom. The van der Waals surface area contributed by atoms with Crippen LogP contribution in [0.2, 0.25) is 61.3 Å². The van der Waals surface area contributed by atoms with Crippen LogP contribution in [0, 0.1) is 47.8 Å². The Balaban J connectivity index is 0. The van der Waals surface area contributed by atoms with Crippen molar-refractivity contribution in [2.45, 2.75) is 69.1 Å². The van der Waals surface area contributed by atoms with Crippen LogP contribution in [0.1, 0.15) is 80.8 Å². The van der Waals surface area contributed by atoms with Gasteiger partial charge in [-0.1, -0.05) is 228 Å². The molecular formula is C94H92Cl11LiN8O19S8Si. The molecule has 1 saturated heterocycles. The molecule has 8 N–H and O–H groups in total. The topological polar surface area (TPSA) is 469 Å². The van der Waals surface area contributed by atoms with E-state index in [2.05, 4.69) is 98.0 Å². The first-order valence-corrected chi connectivity index (χ1v) is 56.9. The van der Waals surface area contributed by atoms with Crippen molar-refractivity contribution in [3.63, 3.8) is 0 Å². The predicted molar refractivity (Wildman–Crippen MR) is 580 cm³/mol. The van der Waals surface area contributed by atoms with E-state index in [0.29, 0.717) is 84.4 Å². The number of nitrogens with zero attached hydrogens (tertiary/aromatic N) is 7. The summed E-state index contributed by atoms with van der Waals surface area (Å²) in [4.78, 5) is 56.3. The molecule has 1 aliphatic heterocycles. The van der Waals surface area contributed by atoms with Gasteiger partial charge in [-0.3, -0.25) is 9.59 Å². The van der Waals surface area contributed by atoms with Gasteiger partial charge in [-0.2, -0.15) is 54.3 Å². The number of aliphatic hydroxyl groups excluding tert-OH is 1. The standard InChI is InChI=1S/C16H12ClNO3S.C11H7Cl2NOS.C11H9ClN2O2S.C11H8ClNO2S.C10H6ClNO2S.C9H6ClNO.C8H6ClN.C7H7ClO2S.C4H8O.C4H12Si.C3H6O2S.Cl2OS.Li.2H2O.H/c1-12-2-8-16(9-3-12)22(19,20)21-11-14(10-18)13-4-6-15(17)7-5-13;12-6-10(15)11-5-9(14-16-11)7-1-3-8(13)4-2-7;1-16-11(15)10-8(13)9(14-17-10)6-2-4-7(12)5-3-6;1-15-11(14)10-6-9(13-16-10)7-2-4-8(12)5-3-7;11-7-3-1-6(2-4-7)8-5-9(10(13)14)15-12-8;10-9-3-1-7(2-4-9)8(5-11)6-12;9-8-3-1-7(2-4-8)5-6-10;1-6-2-4-7(5-3-6)11(8,9)10;1-2-4-5-3-1;1-5(2,3)4;1-5-3(4)2-6;1-4(2)3;;;;/h2-9,11H,1H3;1-5H,6H2;2-5H,13H2,1H3;2-6H,1H3;1-5H,(H,13,14);1-4,6,12H;1-4H,5H2;2-5H,1H3;1-4H2;1-4H3;6H,2H2,1H3;;;2*1H2;/q;;;;;;;;;;;;+1;;;-1/b14-11+;;;;;8-6+;;;;;;;;;;. The number of hydrogen-bond donors (Lipinski definition) is 4. The second-order valence-electron chi connectivity index (χ2n) is 28.5. The number of nitrogens with two attached hydrogens (primary N) is 1. The molecule has 14 rings (SSSR count). The number of thiol groups is 1. The van der Waals surface area contributed by atoms with Crippen LogP contribution in [0.3, 0.4) is 0 Å². The van der Waals surface area contributed by atoms with E-state index in [1.165, 1.54) is 58.4 Å². The monoisotopic (exact) mass is 2310 g/mol. The summed E-state index contributed by atoms with van der Waals surface area (Å²) in [7, 11) is 8.32. The third-order valence-corrected chi connectivity index (χ3v) is 24.2. The van der Waals surface area contributed by atoms with Crippen LogP contribution in [0.4, 0.5) is 5.69 Å². The fraction of sp³-hybridized carbons (Fsp3) is 0.170. The number of carbonyl (C=O) groups excluding carboxylic acids is 4. The number of methoxy groups -OCH3 is 3. The number of aliphatic hydroxyl groups is 1. The van der Waals surface area contributed by atoms with Gasteiger partial charge >= 0.3 is 52.9 Å². The van der Waals surface area contributed by atoms with Crippen LogP contribution in [0.25, 0.3) is 56.2 Å². The molecule has 0 saturated carbocycles. The molecule has 13 aromatic rings. The Morgan fingerprint density at radius 3 is 1.18 bits per heavy atom. The fourth-order valence-electron chi connectivity index (χ4n) is 9.37. The number of aromatic nitrogens is 4. The smallest absolute Gasteiger partial charge is 1.00 e. The number of aromatic carboxylic acids is 1. The molecule has 0 spiro atoms. The first-order chi connectivity index (χ1) is 65.8. The zero-order valence-corrected chi connectivity index (χ0v) is 92.7. The maximum atomic E-state index is 12.1. The molecule has 0 radical (unpaired) electrons. The Morgan fingerprint density at radius 2 is 0.866 bits per heavy atom. The number of alkyl halides is 1. The maximum Gasteiger partial charge on any atom is 1.00 e. The molecule has 752 valence electrons. The summed E-state index contributed by atoms with van der Waals surface area (Å²) in [6.07, 6.45) is 4.72. The number of Topliss-reactive ketones (excluding diaryl/α,β-unsaturated/α-hetero) is 1. The van der Waals surface area contributed by atoms with Crippen LogP contribution >= 0.6 is 184 Å². The van der Waals surface area contributed by atoms with Gasteiger partial charge in [0.05, 0.1) is 95.4 Å². The SMILES string of the molecule is C1CCOC1.COC(=O)CS.COC(=O)c1cc(-c2ccc(Cl)cc2)ns1.COC(=O)c1snc(-c2ccc(Cl)cc2)c1N.C[Si](C)(C)C.Cc1ccc(S(=O)(=O)Cl)cc1.Cc1ccc(S(=O)(=O)O/C=C(\C#N)c2ccc(Cl)cc2)cc1.N#C/C(=C\O)c1ccc(Cl)cc1.N#CCc1ccc(Cl)cc1.O.O.O=C(CCl)c1cc(-c2ccc(Cl)cc2)ns1.O=C(O)c1cc(-c2ccc(Cl)cc2)ns1.O=S(Cl)Cl.[H-].[Li+]. The largest absolute Gasteiger partial charge is 1.00 e. The Bertz CT molecular complexity index is 6410. The van der Waals surface area contributed by atoms with E-state index in [9.17, 15) is 40.8 Å². The van der Waals surface area contributed by atoms with E-state index in [1.54, 1.807) is 164 Å². The molecule has 48 heteroatoms. The summed E-state index contributed by atoms with van der Waals surface area (Å²) in [5.74, 6) is -2.03. The average molecular weight is 2320 g/mol.